The SMILES string of the molecule is CC[C@H](c1ccccc1)N1CC(O)(CO[Si](C)(C)C(C)(C)C)C1. The quantitative estimate of drug-likeness (QED) is 0.791. The van der Waals surface area contributed by atoms with E-state index < -0.39 is 13.9 Å². The average Bonchev–Trinajstić information content (AvgIpc) is 2.44. The van der Waals surface area contributed by atoms with Gasteiger partial charge in [-0.3, -0.25) is 4.90 Å². The lowest BCUT2D eigenvalue weighted by molar-refractivity contribution is -0.138. The second-order valence-electron chi connectivity index (χ2n) is 8.51. The Labute approximate surface area is 142 Å². The van der Waals surface area contributed by atoms with Crippen molar-refractivity contribution >= 4 is 8.32 Å². The second kappa shape index (κ2) is 6.67. The van der Waals surface area contributed by atoms with Crippen molar-refractivity contribution in [2.24, 2.45) is 0 Å². The Morgan fingerprint density at radius 1 is 1.22 bits per heavy atom. The van der Waals surface area contributed by atoms with Gasteiger partial charge in [0.05, 0.1) is 6.61 Å². The summed E-state index contributed by atoms with van der Waals surface area (Å²) in [6.45, 7) is 15.3. The van der Waals surface area contributed by atoms with Crippen molar-refractivity contribution < 1.29 is 9.53 Å². The molecule has 1 aromatic carbocycles. The predicted octanol–water partition coefficient (Wildman–Crippen LogP) is 4.21. The lowest BCUT2D eigenvalue weighted by Gasteiger charge is -2.51. The Kier molecular flexibility index (Phi) is 5.41. The van der Waals surface area contributed by atoms with Gasteiger partial charge in [-0.2, -0.15) is 0 Å². The molecule has 1 saturated heterocycles. The minimum Gasteiger partial charge on any atom is -0.414 e. The second-order valence-corrected chi connectivity index (χ2v) is 13.3. The van der Waals surface area contributed by atoms with Crippen LogP contribution in [0, 0.1) is 0 Å². The van der Waals surface area contributed by atoms with E-state index in [-0.39, 0.29) is 5.04 Å². The highest BCUT2D eigenvalue weighted by Crippen LogP contribution is 2.39. The van der Waals surface area contributed by atoms with Crippen LogP contribution in [-0.2, 0) is 4.43 Å². The standard InChI is InChI=1S/C19H33NO2Si/c1-7-17(16-11-9-8-10-12-16)20-13-19(21,14-20)15-22-23(5,6)18(2,3)4/h8-12,17,21H,7,13-15H2,1-6H3/t17-/m1/s1. The van der Waals surface area contributed by atoms with Gasteiger partial charge in [0.25, 0.3) is 0 Å². The third-order valence-electron chi connectivity index (χ3n) is 5.51. The van der Waals surface area contributed by atoms with E-state index >= 15 is 0 Å². The monoisotopic (exact) mass is 335 g/mol. The van der Waals surface area contributed by atoms with Crippen LogP contribution in [0.15, 0.2) is 30.3 Å². The van der Waals surface area contributed by atoms with Crippen LogP contribution in [0.25, 0.3) is 0 Å². The molecule has 1 N–H and O–H groups in total. The van der Waals surface area contributed by atoms with E-state index in [4.69, 9.17) is 4.43 Å². The molecule has 2 rings (SSSR count). The molecular weight excluding hydrogens is 302 g/mol. The summed E-state index contributed by atoms with van der Waals surface area (Å²) in [5.41, 5.74) is 0.653. The number of likely N-dealkylation sites (tertiary alicyclic amines) is 1. The summed E-state index contributed by atoms with van der Waals surface area (Å²) in [5, 5.41) is 10.9. The minimum atomic E-state index is -1.80. The van der Waals surface area contributed by atoms with Gasteiger partial charge in [-0.25, -0.2) is 0 Å². The molecule has 130 valence electrons. The molecule has 1 aliphatic heterocycles. The highest BCUT2D eigenvalue weighted by atomic mass is 28.4. The molecule has 0 radical (unpaired) electrons. The first kappa shape index (κ1) is 18.7. The van der Waals surface area contributed by atoms with E-state index in [0.29, 0.717) is 25.7 Å². The molecule has 1 heterocycles. The number of aliphatic hydroxyl groups is 1. The third-order valence-corrected chi connectivity index (χ3v) is 9.99. The first-order valence-electron chi connectivity index (χ1n) is 8.73. The molecule has 4 heteroatoms. The molecule has 0 aromatic heterocycles. The van der Waals surface area contributed by atoms with Crippen LogP contribution in [0.2, 0.25) is 18.1 Å². The number of rotatable bonds is 6. The van der Waals surface area contributed by atoms with Crippen molar-refractivity contribution in [1.29, 1.82) is 0 Å². The van der Waals surface area contributed by atoms with Crippen LogP contribution < -0.4 is 0 Å². The molecule has 0 saturated carbocycles. The molecule has 1 fully saturated rings. The van der Waals surface area contributed by atoms with Gasteiger partial charge >= 0.3 is 0 Å². The maximum absolute atomic E-state index is 10.8. The Morgan fingerprint density at radius 3 is 2.26 bits per heavy atom. The number of β-amino-alcohol motifs (C(OH)–C–C–N with tert-alkyl or cyclic N) is 1. The molecule has 0 bridgehead atoms. The van der Waals surface area contributed by atoms with E-state index in [0.717, 1.165) is 6.42 Å². The fraction of sp³-hybridized carbons (Fsp3) is 0.684. The zero-order chi connectivity index (χ0) is 17.3. The predicted molar refractivity (Wildman–Crippen MR) is 99.1 cm³/mol. The first-order valence-corrected chi connectivity index (χ1v) is 11.6. The van der Waals surface area contributed by atoms with Crippen LogP contribution in [0.1, 0.15) is 45.7 Å². The van der Waals surface area contributed by atoms with Gasteiger partial charge in [-0.15, -0.1) is 0 Å². The molecule has 1 aliphatic rings. The molecular formula is C19H33NO2Si. The maximum Gasteiger partial charge on any atom is 0.192 e. The summed E-state index contributed by atoms with van der Waals surface area (Å²) in [4.78, 5) is 2.37. The Morgan fingerprint density at radius 2 is 1.78 bits per heavy atom. The summed E-state index contributed by atoms with van der Waals surface area (Å²) in [6.07, 6.45) is 1.06. The van der Waals surface area contributed by atoms with Gasteiger partial charge < -0.3 is 9.53 Å². The number of hydrogen-bond donors (Lipinski definition) is 1. The first-order chi connectivity index (χ1) is 10.6. The van der Waals surface area contributed by atoms with E-state index in [9.17, 15) is 5.11 Å². The summed E-state index contributed by atoms with van der Waals surface area (Å²) < 4.78 is 6.23. The summed E-state index contributed by atoms with van der Waals surface area (Å²) in [5.74, 6) is 0. The normalized spacial score (nSPS) is 20.1. The molecule has 0 unspecified atom stereocenters. The highest BCUT2D eigenvalue weighted by Gasteiger charge is 2.46. The van der Waals surface area contributed by atoms with Crippen molar-refractivity contribution in [2.45, 2.75) is 63.9 Å². The van der Waals surface area contributed by atoms with Crippen molar-refractivity contribution in [3.05, 3.63) is 35.9 Å². The van der Waals surface area contributed by atoms with Gasteiger partial charge in [-0.05, 0) is 30.1 Å². The Hall–Kier alpha value is -0.683. The average molecular weight is 336 g/mol. The summed E-state index contributed by atoms with van der Waals surface area (Å²) in [6, 6.07) is 11.0. The van der Waals surface area contributed by atoms with E-state index in [1.165, 1.54) is 5.56 Å². The zero-order valence-corrected chi connectivity index (χ0v) is 16.6. The van der Waals surface area contributed by atoms with E-state index in [1.807, 2.05) is 0 Å². The number of nitrogens with zero attached hydrogens (tertiary/aromatic N) is 1. The molecule has 3 nitrogen and oxygen atoms in total. The number of hydrogen-bond acceptors (Lipinski definition) is 3. The van der Waals surface area contributed by atoms with Crippen LogP contribution in [0.3, 0.4) is 0 Å². The largest absolute Gasteiger partial charge is 0.414 e. The Balaban J connectivity index is 1.92. The lowest BCUT2D eigenvalue weighted by atomic mass is 9.90. The minimum absolute atomic E-state index is 0.183. The van der Waals surface area contributed by atoms with Crippen molar-refractivity contribution in [3.63, 3.8) is 0 Å². The van der Waals surface area contributed by atoms with Gasteiger partial charge in [0, 0.05) is 19.1 Å². The summed E-state index contributed by atoms with van der Waals surface area (Å²) >= 11 is 0. The van der Waals surface area contributed by atoms with Gasteiger partial charge in [0.1, 0.15) is 5.60 Å². The van der Waals surface area contributed by atoms with Crippen LogP contribution in [0.5, 0.6) is 0 Å². The van der Waals surface area contributed by atoms with Crippen LogP contribution in [-0.4, -0.2) is 43.6 Å². The molecule has 0 amide bonds. The molecule has 0 aliphatic carbocycles. The third kappa shape index (κ3) is 4.24. The van der Waals surface area contributed by atoms with Gasteiger partial charge in [0.2, 0.25) is 0 Å². The Bertz CT molecular complexity index is 504. The van der Waals surface area contributed by atoms with E-state index in [1.54, 1.807) is 0 Å². The fourth-order valence-corrected chi connectivity index (χ4v) is 4.00. The van der Waals surface area contributed by atoms with Crippen LogP contribution >= 0.6 is 0 Å². The number of benzene rings is 1. The van der Waals surface area contributed by atoms with Crippen molar-refractivity contribution in [2.75, 3.05) is 19.7 Å². The zero-order valence-electron chi connectivity index (χ0n) is 15.6. The smallest absolute Gasteiger partial charge is 0.192 e. The highest BCUT2D eigenvalue weighted by molar-refractivity contribution is 6.74. The van der Waals surface area contributed by atoms with Crippen molar-refractivity contribution in [1.82, 2.24) is 4.90 Å². The molecule has 23 heavy (non-hydrogen) atoms. The molecule has 0 spiro atoms. The molecule has 1 aromatic rings. The molecule has 1 atom stereocenters. The maximum atomic E-state index is 10.8. The summed E-state index contributed by atoms with van der Waals surface area (Å²) in [7, 11) is -1.80. The lowest BCUT2D eigenvalue weighted by Crippen LogP contribution is -2.65. The van der Waals surface area contributed by atoms with E-state index in [2.05, 4.69) is 76.0 Å². The van der Waals surface area contributed by atoms with Gasteiger partial charge in [-0.1, -0.05) is 58.0 Å². The fourth-order valence-electron chi connectivity index (χ4n) is 2.93. The van der Waals surface area contributed by atoms with Crippen LogP contribution in [0.4, 0.5) is 0 Å². The van der Waals surface area contributed by atoms with Crippen molar-refractivity contribution in [3.8, 4) is 0 Å². The van der Waals surface area contributed by atoms with Gasteiger partial charge in [0.15, 0.2) is 8.32 Å². The topological polar surface area (TPSA) is 32.7 Å².